The fourth-order valence-corrected chi connectivity index (χ4v) is 1.97. The molecule has 0 spiro atoms. The van der Waals surface area contributed by atoms with Crippen LogP contribution in [-0.4, -0.2) is 48.1 Å². The first-order valence-corrected chi connectivity index (χ1v) is 7.23. The molecule has 134 valence electrons. The molecule has 8 nitrogen and oxygen atoms in total. The summed E-state index contributed by atoms with van der Waals surface area (Å²) in [5, 5.41) is 21.7. The molecular formula is C16H23NO7. The second-order valence-electron chi connectivity index (χ2n) is 6.07. The number of methoxy groups -OCH3 is 2. The molecule has 24 heavy (non-hydrogen) atoms. The Hall–Kier alpha value is -2.64. The van der Waals surface area contributed by atoms with Crippen molar-refractivity contribution in [3.63, 3.8) is 0 Å². The molecule has 1 aromatic carbocycles. The van der Waals surface area contributed by atoms with E-state index in [4.69, 9.17) is 14.2 Å². The van der Waals surface area contributed by atoms with Gasteiger partial charge in [0.15, 0.2) is 0 Å². The number of benzene rings is 1. The fourth-order valence-electron chi connectivity index (χ4n) is 1.97. The minimum absolute atomic E-state index is 0.187. The highest BCUT2D eigenvalue weighted by Gasteiger charge is 2.27. The van der Waals surface area contributed by atoms with E-state index in [9.17, 15) is 19.8 Å². The van der Waals surface area contributed by atoms with E-state index >= 15 is 0 Å². The summed E-state index contributed by atoms with van der Waals surface area (Å²) in [5.41, 5.74) is -0.519. The zero-order valence-corrected chi connectivity index (χ0v) is 14.4. The summed E-state index contributed by atoms with van der Waals surface area (Å²) in [4.78, 5) is 23.2. The zero-order chi connectivity index (χ0) is 18.5. The summed E-state index contributed by atoms with van der Waals surface area (Å²) >= 11 is 0. The van der Waals surface area contributed by atoms with Crippen LogP contribution < -0.4 is 14.8 Å². The second kappa shape index (κ2) is 7.76. The normalized spacial score (nSPS) is 12.2. The van der Waals surface area contributed by atoms with Gasteiger partial charge in [-0.05, 0) is 20.8 Å². The molecule has 8 heteroatoms. The number of carbonyl (C=O) groups is 2. The number of nitrogens with one attached hydrogen (secondary N) is 1. The van der Waals surface area contributed by atoms with Crippen LogP contribution in [0.15, 0.2) is 12.1 Å². The molecule has 0 fully saturated rings. The van der Waals surface area contributed by atoms with Crippen LogP contribution in [0.5, 0.6) is 17.2 Å². The van der Waals surface area contributed by atoms with E-state index in [-0.39, 0.29) is 23.5 Å². The average molecular weight is 341 g/mol. The van der Waals surface area contributed by atoms with Gasteiger partial charge in [-0.3, -0.25) is 0 Å². The lowest BCUT2D eigenvalue weighted by atomic mass is 10.0. The number of carboxylic acid groups (broad SMARTS) is 1. The summed E-state index contributed by atoms with van der Waals surface area (Å²) in [6, 6.07) is 1.55. The van der Waals surface area contributed by atoms with Crippen LogP contribution in [0.3, 0.4) is 0 Å². The number of hydrogen-bond donors (Lipinski definition) is 3. The number of phenolic OH excluding ortho intramolecular Hbond substituents is 1. The van der Waals surface area contributed by atoms with Gasteiger partial charge >= 0.3 is 12.1 Å². The van der Waals surface area contributed by atoms with Crippen LogP contribution in [0.2, 0.25) is 0 Å². The van der Waals surface area contributed by atoms with Crippen molar-refractivity contribution in [1.82, 2.24) is 5.32 Å². The van der Waals surface area contributed by atoms with Crippen molar-refractivity contribution in [2.75, 3.05) is 14.2 Å². The van der Waals surface area contributed by atoms with E-state index in [0.29, 0.717) is 5.75 Å². The Morgan fingerprint density at radius 2 is 1.83 bits per heavy atom. The van der Waals surface area contributed by atoms with E-state index in [1.807, 2.05) is 0 Å². The number of rotatable bonds is 6. The average Bonchev–Trinajstić information content (AvgIpc) is 2.45. The van der Waals surface area contributed by atoms with Gasteiger partial charge in [-0.2, -0.15) is 0 Å². The number of carbonyl (C=O) groups excluding carboxylic acids is 1. The van der Waals surface area contributed by atoms with Crippen LogP contribution in [0, 0.1) is 0 Å². The second-order valence-corrected chi connectivity index (χ2v) is 6.07. The van der Waals surface area contributed by atoms with Gasteiger partial charge in [-0.1, -0.05) is 0 Å². The molecule has 3 N–H and O–H groups in total. The Kier molecular flexibility index (Phi) is 6.27. The van der Waals surface area contributed by atoms with E-state index in [1.165, 1.54) is 26.4 Å². The van der Waals surface area contributed by atoms with Gasteiger partial charge in [0, 0.05) is 24.1 Å². The molecular weight excluding hydrogens is 318 g/mol. The summed E-state index contributed by atoms with van der Waals surface area (Å²) in [7, 11) is 2.81. The third kappa shape index (κ3) is 5.53. The number of alkyl carbamates (subject to hydrolysis) is 1. The molecule has 0 aromatic heterocycles. The van der Waals surface area contributed by atoms with Crippen molar-refractivity contribution in [3.8, 4) is 17.2 Å². The Bertz CT molecular complexity index is 607. The minimum atomic E-state index is -1.30. The lowest BCUT2D eigenvalue weighted by molar-refractivity contribution is -0.139. The van der Waals surface area contributed by atoms with Crippen molar-refractivity contribution < 1.29 is 34.0 Å². The van der Waals surface area contributed by atoms with E-state index in [0.717, 1.165) is 0 Å². The molecule has 0 aliphatic carbocycles. The van der Waals surface area contributed by atoms with Crippen LogP contribution in [0.25, 0.3) is 0 Å². The predicted molar refractivity (Wildman–Crippen MR) is 85.7 cm³/mol. The predicted octanol–water partition coefficient (Wildman–Crippen LogP) is 1.93. The van der Waals surface area contributed by atoms with Gasteiger partial charge < -0.3 is 29.7 Å². The number of amides is 1. The maximum atomic E-state index is 11.8. The van der Waals surface area contributed by atoms with Crippen LogP contribution in [0.4, 0.5) is 4.79 Å². The number of aliphatic carboxylic acids is 1. The fraction of sp³-hybridized carbons (Fsp3) is 0.500. The lowest BCUT2D eigenvalue weighted by Gasteiger charge is -2.22. The quantitative estimate of drug-likeness (QED) is 0.724. The molecule has 0 radical (unpaired) electrons. The zero-order valence-electron chi connectivity index (χ0n) is 14.4. The standard InChI is InChI=1S/C16H23NO7/c1-16(2,3)24-15(21)17-11(14(19)20)8-10-12(18)6-9(22-4)7-13(10)23-5/h6-7,11,18H,8H2,1-5H3,(H,17,21)(H,19,20). The number of phenols is 1. The first-order chi connectivity index (χ1) is 11.1. The molecule has 0 aliphatic heterocycles. The number of aromatic hydroxyl groups is 1. The van der Waals surface area contributed by atoms with Crippen molar-refractivity contribution in [3.05, 3.63) is 17.7 Å². The smallest absolute Gasteiger partial charge is 0.408 e. The first-order valence-electron chi connectivity index (χ1n) is 7.23. The van der Waals surface area contributed by atoms with Crippen LogP contribution in [0.1, 0.15) is 26.3 Å². The van der Waals surface area contributed by atoms with Gasteiger partial charge in [0.25, 0.3) is 0 Å². The third-order valence-electron chi connectivity index (χ3n) is 3.01. The summed E-state index contributed by atoms with van der Waals surface area (Å²) < 4.78 is 15.2. The highest BCUT2D eigenvalue weighted by Crippen LogP contribution is 2.34. The van der Waals surface area contributed by atoms with Crippen LogP contribution >= 0.6 is 0 Å². The minimum Gasteiger partial charge on any atom is -0.507 e. The van der Waals surface area contributed by atoms with Gasteiger partial charge in [0.1, 0.15) is 28.9 Å². The van der Waals surface area contributed by atoms with Crippen molar-refractivity contribution >= 4 is 12.1 Å². The highest BCUT2D eigenvalue weighted by molar-refractivity contribution is 5.80. The van der Waals surface area contributed by atoms with Crippen molar-refractivity contribution in [2.45, 2.75) is 38.8 Å². The third-order valence-corrected chi connectivity index (χ3v) is 3.01. The Balaban J connectivity index is 3.01. The molecule has 1 atom stereocenters. The van der Waals surface area contributed by atoms with Crippen molar-refractivity contribution in [1.29, 1.82) is 0 Å². The molecule has 0 bridgehead atoms. The molecule has 1 aromatic rings. The lowest BCUT2D eigenvalue weighted by Crippen LogP contribution is -2.44. The maximum Gasteiger partial charge on any atom is 0.408 e. The summed E-state index contributed by atoms with van der Waals surface area (Å²) in [6.45, 7) is 5.00. The summed E-state index contributed by atoms with van der Waals surface area (Å²) in [6.07, 6.45) is -1.05. The van der Waals surface area contributed by atoms with E-state index in [1.54, 1.807) is 20.8 Å². The largest absolute Gasteiger partial charge is 0.507 e. The molecule has 1 rings (SSSR count). The van der Waals surface area contributed by atoms with Crippen LogP contribution in [-0.2, 0) is 16.0 Å². The van der Waals surface area contributed by atoms with Gasteiger partial charge in [0.2, 0.25) is 0 Å². The van der Waals surface area contributed by atoms with Crippen molar-refractivity contribution in [2.24, 2.45) is 0 Å². The molecule has 1 amide bonds. The number of ether oxygens (including phenoxy) is 3. The molecule has 0 saturated heterocycles. The first kappa shape index (κ1) is 19.4. The Morgan fingerprint density at radius 1 is 1.21 bits per heavy atom. The SMILES string of the molecule is COc1cc(O)c(CC(NC(=O)OC(C)(C)C)C(=O)O)c(OC)c1. The molecule has 1 unspecified atom stereocenters. The molecule has 0 saturated carbocycles. The topological polar surface area (TPSA) is 114 Å². The van der Waals surface area contributed by atoms with Gasteiger partial charge in [0.05, 0.1) is 14.2 Å². The van der Waals surface area contributed by atoms with Gasteiger partial charge in [-0.25, -0.2) is 9.59 Å². The van der Waals surface area contributed by atoms with E-state index < -0.39 is 23.7 Å². The summed E-state index contributed by atoms with van der Waals surface area (Å²) in [5.74, 6) is -0.842. The Labute approximate surface area is 140 Å². The molecule has 0 heterocycles. The number of carboxylic acids is 1. The van der Waals surface area contributed by atoms with Gasteiger partial charge in [-0.15, -0.1) is 0 Å². The van der Waals surface area contributed by atoms with E-state index in [2.05, 4.69) is 5.32 Å². The monoisotopic (exact) mass is 341 g/mol. The number of hydrogen-bond acceptors (Lipinski definition) is 6. The highest BCUT2D eigenvalue weighted by atomic mass is 16.6. The molecule has 0 aliphatic rings. The Morgan fingerprint density at radius 3 is 2.29 bits per heavy atom. The maximum absolute atomic E-state index is 11.8.